The standard InChI is InChI=1S/C30H34Cl2FN3O4S/c1-5-21(4)34-30(38)28(6-2)35(18-25-26(31)8-7-9-27(25)32)29(37)19-36(23-14-10-20(3)11-15-23)41(39,40)24-16-12-22(33)13-17-24/h7-17,21,28H,5-6,18-19H2,1-4H3,(H,34,38)/t21-,28-/m0/s1. The van der Waals surface area contributed by atoms with Crippen LogP contribution in [0.2, 0.25) is 10.0 Å². The van der Waals surface area contributed by atoms with Gasteiger partial charge in [0.1, 0.15) is 18.4 Å². The molecule has 2 atom stereocenters. The molecule has 0 aromatic heterocycles. The number of rotatable bonds is 12. The molecule has 0 heterocycles. The summed E-state index contributed by atoms with van der Waals surface area (Å²) < 4.78 is 42.2. The fraction of sp³-hybridized carbons (Fsp3) is 0.333. The van der Waals surface area contributed by atoms with Crippen LogP contribution in [0.4, 0.5) is 10.1 Å². The number of halogens is 3. The van der Waals surface area contributed by atoms with Crippen molar-refractivity contribution in [2.75, 3.05) is 10.8 Å². The summed E-state index contributed by atoms with van der Waals surface area (Å²) >= 11 is 12.9. The van der Waals surface area contributed by atoms with Gasteiger partial charge in [-0.25, -0.2) is 12.8 Å². The van der Waals surface area contributed by atoms with E-state index in [1.807, 2.05) is 20.8 Å². The number of aryl methyl sites for hydroxylation is 1. The minimum absolute atomic E-state index is 0.123. The maximum atomic E-state index is 14.1. The van der Waals surface area contributed by atoms with Crippen LogP contribution in [-0.2, 0) is 26.2 Å². The molecule has 3 aromatic carbocycles. The molecule has 0 saturated carbocycles. The molecular weight excluding hydrogens is 588 g/mol. The number of amides is 2. The first kappa shape index (κ1) is 32.4. The van der Waals surface area contributed by atoms with Gasteiger partial charge < -0.3 is 10.2 Å². The van der Waals surface area contributed by atoms with Gasteiger partial charge in [0, 0.05) is 28.2 Å². The molecule has 0 unspecified atom stereocenters. The number of hydrogen-bond acceptors (Lipinski definition) is 4. The predicted molar refractivity (Wildman–Crippen MR) is 161 cm³/mol. The molecule has 41 heavy (non-hydrogen) atoms. The maximum Gasteiger partial charge on any atom is 0.264 e. The highest BCUT2D eigenvalue weighted by Crippen LogP contribution is 2.29. The van der Waals surface area contributed by atoms with Gasteiger partial charge in [-0.3, -0.25) is 13.9 Å². The number of nitrogens with zero attached hydrogens (tertiary/aromatic N) is 2. The molecule has 0 radical (unpaired) electrons. The highest BCUT2D eigenvalue weighted by molar-refractivity contribution is 7.92. The number of anilines is 1. The van der Waals surface area contributed by atoms with E-state index in [4.69, 9.17) is 23.2 Å². The Morgan fingerprint density at radius 1 is 0.927 bits per heavy atom. The van der Waals surface area contributed by atoms with Crippen LogP contribution in [0.3, 0.4) is 0 Å². The fourth-order valence-corrected chi connectivity index (χ4v) is 6.12. The average Bonchev–Trinajstić information content (AvgIpc) is 2.93. The van der Waals surface area contributed by atoms with Crippen LogP contribution in [0.5, 0.6) is 0 Å². The maximum absolute atomic E-state index is 14.1. The first-order valence-corrected chi connectivity index (χ1v) is 15.5. The Hall–Kier alpha value is -3.14. The van der Waals surface area contributed by atoms with Crippen molar-refractivity contribution in [1.82, 2.24) is 10.2 Å². The lowest BCUT2D eigenvalue weighted by atomic mass is 10.1. The quantitative estimate of drug-likeness (QED) is 0.255. The molecule has 1 N–H and O–H groups in total. The van der Waals surface area contributed by atoms with Crippen molar-refractivity contribution >= 4 is 50.7 Å². The van der Waals surface area contributed by atoms with Crippen LogP contribution in [0.15, 0.2) is 71.6 Å². The molecule has 0 aliphatic carbocycles. The number of hydrogen-bond donors (Lipinski definition) is 1. The molecule has 2 amide bonds. The van der Waals surface area contributed by atoms with Gasteiger partial charge in [0.2, 0.25) is 11.8 Å². The number of carbonyl (C=O) groups excluding carboxylic acids is 2. The molecule has 3 aromatic rings. The molecule has 0 fully saturated rings. The second kappa shape index (κ2) is 14.2. The molecule has 11 heteroatoms. The Bertz CT molecular complexity index is 1450. The van der Waals surface area contributed by atoms with Gasteiger partial charge in [0.05, 0.1) is 10.6 Å². The van der Waals surface area contributed by atoms with Crippen LogP contribution >= 0.6 is 23.2 Å². The summed E-state index contributed by atoms with van der Waals surface area (Å²) in [4.78, 5) is 28.6. The van der Waals surface area contributed by atoms with Gasteiger partial charge in [-0.05, 0) is 75.2 Å². The van der Waals surface area contributed by atoms with Gasteiger partial charge in [-0.1, -0.05) is 60.8 Å². The van der Waals surface area contributed by atoms with Crippen molar-refractivity contribution in [3.63, 3.8) is 0 Å². The Labute approximate surface area is 251 Å². The van der Waals surface area contributed by atoms with Crippen LogP contribution in [0.1, 0.15) is 44.7 Å². The molecule has 0 aliphatic rings. The third-order valence-electron chi connectivity index (χ3n) is 6.78. The number of benzene rings is 3. The minimum Gasteiger partial charge on any atom is -0.352 e. The lowest BCUT2D eigenvalue weighted by Gasteiger charge is -2.34. The van der Waals surface area contributed by atoms with Gasteiger partial charge >= 0.3 is 0 Å². The van der Waals surface area contributed by atoms with Crippen molar-refractivity contribution in [3.8, 4) is 0 Å². The highest BCUT2D eigenvalue weighted by atomic mass is 35.5. The van der Waals surface area contributed by atoms with E-state index >= 15 is 0 Å². The van der Waals surface area contributed by atoms with Gasteiger partial charge in [0.15, 0.2) is 0 Å². The van der Waals surface area contributed by atoms with Crippen LogP contribution in [0, 0.1) is 12.7 Å². The second-order valence-corrected chi connectivity index (χ2v) is 12.4. The van der Waals surface area contributed by atoms with E-state index in [-0.39, 0.29) is 35.5 Å². The highest BCUT2D eigenvalue weighted by Gasteiger charge is 2.34. The smallest absolute Gasteiger partial charge is 0.264 e. The third-order valence-corrected chi connectivity index (χ3v) is 9.28. The van der Waals surface area contributed by atoms with Crippen molar-refractivity contribution in [1.29, 1.82) is 0 Å². The summed E-state index contributed by atoms with van der Waals surface area (Å²) in [5.41, 5.74) is 1.56. The largest absolute Gasteiger partial charge is 0.352 e. The molecule has 0 aliphatic heterocycles. The second-order valence-electron chi connectivity index (χ2n) is 9.76. The van der Waals surface area contributed by atoms with Crippen LogP contribution < -0.4 is 9.62 Å². The van der Waals surface area contributed by atoms with Gasteiger partial charge in [-0.2, -0.15) is 0 Å². The van der Waals surface area contributed by atoms with Crippen LogP contribution in [-0.4, -0.2) is 43.8 Å². The molecule has 3 rings (SSSR count). The van der Waals surface area contributed by atoms with Crippen molar-refractivity contribution in [2.45, 2.75) is 64.1 Å². The first-order chi connectivity index (χ1) is 19.4. The average molecular weight is 623 g/mol. The van der Waals surface area contributed by atoms with Crippen molar-refractivity contribution in [2.24, 2.45) is 0 Å². The zero-order valence-electron chi connectivity index (χ0n) is 23.4. The summed E-state index contributed by atoms with van der Waals surface area (Å²) in [5, 5.41) is 3.53. The van der Waals surface area contributed by atoms with E-state index in [1.165, 1.54) is 4.90 Å². The summed E-state index contributed by atoms with van der Waals surface area (Å²) in [5.74, 6) is -1.61. The molecule has 7 nitrogen and oxygen atoms in total. The fourth-order valence-electron chi connectivity index (χ4n) is 4.19. The van der Waals surface area contributed by atoms with E-state index in [2.05, 4.69) is 5.32 Å². The van der Waals surface area contributed by atoms with E-state index < -0.39 is 34.3 Å². The monoisotopic (exact) mass is 621 g/mol. The van der Waals surface area contributed by atoms with E-state index in [9.17, 15) is 22.4 Å². The minimum atomic E-state index is -4.31. The number of nitrogens with one attached hydrogen (secondary N) is 1. The van der Waals surface area contributed by atoms with Crippen molar-refractivity contribution < 1.29 is 22.4 Å². The summed E-state index contributed by atoms with van der Waals surface area (Å²) in [7, 11) is -4.31. The Morgan fingerprint density at radius 3 is 2.05 bits per heavy atom. The van der Waals surface area contributed by atoms with Crippen molar-refractivity contribution in [3.05, 3.63) is 93.7 Å². The van der Waals surface area contributed by atoms with Gasteiger partial charge in [0.25, 0.3) is 10.0 Å². The zero-order chi connectivity index (χ0) is 30.3. The first-order valence-electron chi connectivity index (χ1n) is 13.3. The van der Waals surface area contributed by atoms with E-state index in [0.29, 0.717) is 22.0 Å². The SMILES string of the molecule is CC[C@H](C)NC(=O)[C@H](CC)N(Cc1c(Cl)cccc1Cl)C(=O)CN(c1ccc(C)cc1)S(=O)(=O)c1ccc(F)cc1. The molecule has 0 saturated heterocycles. The van der Waals surface area contributed by atoms with Gasteiger partial charge in [-0.15, -0.1) is 0 Å². The number of sulfonamides is 1. The van der Waals surface area contributed by atoms with E-state index in [0.717, 1.165) is 34.1 Å². The molecule has 0 spiro atoms. The summed E-state index contributed by atoms with van der Waals surface area (Å²) in [6.07, 6.45) is 0.939. The molecular formula is C30H34Cl2FN3O4S. The normalized spacial score (nSPS) is 12.9. The zero-order valence-corrected chi connectivity index (χ0v) is 25.7. The Morgan fingerprint density at radius 2 is 1.51 bits per heavy atom. The summed E-state index contributed by atoms with van der Waals surface area (Å²) in [6.45, 7) is 6.65. The topological polar surface area (TPSA) is 86.8 Å². The Balaban J connectivity index is 2.09. The Kier molecular flexibility index (Phi) is 11.2. The number of carbonyl (C=O) groups is 2. The molecule has 220 valence electrons. The predicted octanol–water partition coefficient (Wildman–Crippen LogP) is 6.36. The van der Waals surface area contributed by atoms with Crippen LogP contribution in [0.25, 0.3) is 0 Å². The lowest BCUT2D eigenvalue weighted by Crippen LogP contribution is -2.53. The summed E-state index contributed by atoms with van der Waals surface area (Å²) in [6, 6.07) is 14.9. The lowest BCUT2D eigenvalue weighted by molar-refractivity contribution is -0.140. The van der Waals surface area contributed by atoms with E-state index in [1.54, 1.807) is 49.4 Å². The molecule has 0 bridgehead atoms. The third kappa shape index (κ3) is 7.99.